The zero-order chi connectivity index (χ0) is 25.4. The van der Waals surface area contributed by atoms with Crippen LogP contribution < -0.4 is 9.47 Å². The van der Waals surface area contributed by atoms with Gasteiger partial charge in [0.25, 0.3) is 0 Å². The lowest BCUT2D eigenvalue weighted by Gasteiger charge is -2.23. The van der Waals surface area contributed by atoms with E-state index in [1.807, 2.05) is 43.9 Å². The first-order chi connectivity index (χ1) is 16.9. The summed E-state index contributed by atoms with van der Waals surface area (Å²) >= 11 is 0. The Hall–Kier alpha value is -3.60. The maximum absolute atomic E-state index is 13.3. The molecule has 186 valence electrons. The summed E-state index contributed by atoms with van der Waals surface area (Å²) in [5, 5.41) is 13.6. The fourth-order valence-electron chi connectivity index (χ4n) is 4.17. The van der Waals surface area contributed by atoms with Gasteiger partial charge >= 0.3 is 0 Å². The minimum absolute atomic E-state index is 0.0909. The molecule has 0 aliphatic heterocycles. The van der Waals surface area contributed by atoms with Crippen molar-refractivity contribution in [2.45, 2.75) is 66.8 Å². The number of benzene rings is 1. The highest BCUT2D eigenvalue weighted by molar-refractivity contribution is 5.76. The number of nitrogens with zero attached hydrogens (tertiary/aromatic N) is 5. The standard InChI is InChI=1S/C27H35N5O3/c1-6-13-31(18-21-9-11-24(35-14-7-2)25(15-21)34-8-3)26(33)12-10-23-19(4)30-27-22(16-28)17-29-32(27)20(23)5/h9,11,15,17H,6-8,10,12-14,18H2,1-5H3. The summed E-state index contributed by atoms with van der Waals surface area (Å²) in [5.74, 6) is 1.54. The van der Waals surface area contributed by atoms with Gasteiger partial charge in [-0.2, -0.15) is 10.4 Å². The van der Waals surface area contributed by atoms with Crippen molar-refractivity contribution >= 4 is 11.6 Å². The van der Waals surface area contributed by atoms with E-state index in [2.05, 4.69) is 30.0 Å². The van der Waals surface area contributed by atoms with Crippen LogP contribution in [0.15, 0.2) is 24.4 Å². The number of nitriles is 1. The Labute approximate surface area is 207 Å². The number of carbonyl (C=O) groups is 1. The first-order valence-corrected chi connectivity index (χ1v) is 12.3. The van der Waals surface area contributed by atoms with Crippen LogP contribution in [0.3, 0.4) is 0 Å². The molecule has 0 aliphatic rings. The Morgan fingerprint density at radius 2 is 1.94 bits per heavy atom. The summed E-state index contributed by atoms with van der Waals surface area (Å²) in [6.07, 6.45) is 4.26. The van der Waals surface area contributed by atoms with E-state index in [0.29, 0.717) is 56.1 Å². The Morgan fingerprint density at radius 1 is 1.14 bits per heavy atom. The van der Waals surface area contributed by atoms with E-state index in [9.17, 15) is 10.1 Å². The summed E-state index contributed by atoms with van der Waals surface area (Å²) < 4.78 is 13.3. The monoisotopic (exact) mass is 477 g/mol. The second-order valence-corrected chi connectivity index (χ2v) is 8.54. The van der Waals surface area contributed by atoms with Crippen LogP contribution in [0.5, 0.6) is 11.5 Å². The Balaban J connectivity index is 1.75. The molecule has 0 radical (unpaired) electrons. The number of ether oxygens (including phenoxy) is 2. The fraction of sp³-hybridized carbons (Fsp3) is 0.481. The molecule has 8 heteroatoms. The summed E-state index contributed by atoms with van der Waals surface area (Å²) in [6, 6.07) is 8.03. The van der Waals surface area contributed by atoms with Crippen LogP contribution in [-0.4, -0.2) is 45.2 Å². The molecule has 1 aromatic carbocycles. The molecule has 0 spiro atoms. The smallest absolute Gasteiger partial charge is 0.223 e. The summed E-state index contributed by atoms with van der Waals surface area (Å²) in [6.45, 7) is 12.3. The Bertz CT molecular complexity index is 1210. The van der Waals surface area contributed by atoms with E-state index in [1.165, 1.54) is 6.20 Å². The van der Waals surface area contributed by atoms with Gasteiger partial charge in [0.1, 0.15) is 11.6 Å². The van der Waals surface area contributed by atoms with Gasteiger partial charge in [-0.3, -0.25) is 4.79 Å². The number of rotatable bonds is 12. The molecular formula is C27H35N5O3. The minimum atomic E-state index is 0.0909. The summed E-state index contributed by atoms with van der Waals surface area (Å²) in [4.78, 5) is 19.7. The van der Waals surface area contributed by atoms with E-state index in [1.54, 1.807) is 4.52 Å². The summed E-state index contributed by atoms with van der Waals surface area (Å²) in [5.41, 5.74) is 4.74. The largest absolute Gasteiger partial charge is 0.490 e. The second-order valence-electron chi connectivity index (χ2n) is 8.54. The highest BCUT2D eigenvalue weighted by atomic mass is 16.5. The third-order valence-electron chi connectivity index (χ3n) is 5.91. The van der Waals surface area contributed by atoms with Crippen molar-refractivity contribution in [1.82, 2.24) is 19.5 Å². The third-order valence-corrected chi connectivity index (χ3v) is 5.91. The van der Waals surface area contributed by atoms with E-state index in [4.69, 9.17) is 9.47 Å². The van der Waals surface area contributed by atoms with Gasteiger partial charge in [-0.05, 0) is 63.3 Å². The quantitative estimate of drug-likeness (QED) is 0.373. The van der Waals surface area contributed by atoms with Gasteiger partial charge in [0.05, 0.1) is 19.4 Å². The van der Waals surface area contributed by atoms with Gasteiger partial charge in [-0.1, -0.05) is 19.9 Å². The number of hydrogen-bond acceptors (Lipinski definition) is 6. The topological polar surface area (TPSA) is 92.8 Å². The summed E-state index contributed by atoms with van der Waals surface area (Å²) in [7, 11) is 0. The number of aryl methyl sites for hydroxylation is 2. The van der Waals surface area contributed by atoms with Crippen molar-refractivity contribution in [2.24, 2.45) is 0 Å². The van der Waals surface area contributed by atoms with Gasteiger partial charge in [0.15, 0.2) is 17.1 Å². The highest BCUT2D eigenvalue weighted by Crippen LogP contribution is 2.29. The lowest BCUT2D eigenvalue weighted by molar-refractivity contribution is -0.131. The maximum atomic E-state index is 13.3. The zero-order valence-corrected chi connectivity index (χ0v) is 21.4. The van der Waals surface area contributed by atoms with Gasteiger partial charge in [-0.15, -0.1) is 0 Å². The number of fused-ring (bicyclic) bond motifs is 1. The second kappa shape index (κ2) is 12.2. The molecule has 0 saturated heterocycles. The van der Waals surface area contributed by atoms with Crippen molar-refractivity contribution in [3.63, 3.8) is 0 Å². The molecule has 0 N–H and O–H groups in total. The first kappa shape index (κ1) is 26.0. The number of hydrogen-bond donors (Lipinski definition) is 0. The molecule has 35 heavy (non-hydrogen) atoms. The molecule has 8 nitrogen and oxygen atoms in total. The maximum Gasteiger partial charge on any atom is 0.223 e. The van der Waals surface area contributed by atoms with Gasteiger partial charge < -0.3 is 14.4 Å². The van der Waals surface area contributed by atoms with Gasteiger partial charge in [0, 0.05) is 30.9 Å². The zero-order valence-electron chi connectivity index (χ0n) is 21.4. The lowest BCUT2D eigenvalue weighted by Crippen LogP contribution is -2.31. The van der Waals surface area contributed by atoms with Crippen LogP contribution in [0.2, 0.25) is 0 Å². The number of aromatic nitrogens is 3. The molecule has 0 fully saturated rings. The molecule has 2 heterocycles. The van der Waals surface area contributed by atoms with Crippen molar-refractivity contribution in [2.75, 3.05) is 19.8 Å². The predicted molar refractivity (Wildman–Crippen MR) is 135 cm³/mol. The predicted octanol–water partition coefficient (Wildman–Crippen LogP) is 4.78. The van der Waals surface area contributed by atoms with Crippen LogP contribution in [0, 0.1) is 25.2 Å². The van der Waals surface area contributed by atoms with Gasteiger partial charge in [0.2, 0.25) is 5.91 Å². The van der Waals surface area contributed by atoms with Gasteiger partial charge in [-0.25, -0.2) is 9.50 Å². The van der Waals surface area contributed by atoms with E-state index < -0.39 is 0 Å². The van der Waals surface area contributed by atoms with Crippen molar-refractivity contribution in [3.05, 3.63) is 52.5 Å². The minimum Gasteiger partial charge on any atom is -0.490 e. The molecule has 3 aromatic rings. The average Bonchev–Trinajstić information content (AvgIpc) is 3.26. The molecule has 3 rings (SSSR count). The van der Waals surface area contributed by atoms with Crippen LogP contribution in [-0.2, 0) is 17.8 Å². The molecular weight excluding hydrogens is 442 g/mol. The average molecular weight is 478 g/mol. The third kappa shape index (κ3) is 6.10. The van der Waals surface area contributed by atoms with Crippen molar-refractivity contribution < 1.29 is 14.3 Å². The van der Waals surface area contributed by atoms with E-state index in [0.717, 1.165) is 41.1 Å². The Morgan fingerprint density at radius 3 is 2.63 bits per heavy atom. The fourth-order valence-corrected chi connectivity index (χ4v) is 4.17. The molecule has 0 bridgehead atoms. The van der Waals surface area contributed by atoms with Crippen LogP contribution in [0.1, 0.15) is 68.1 Å². The molecule has 1 amide bonds. The number of carbonyl (C=O) groups excluding carboxylic acids is 1. The molecule has 0 aliphatic carbocycles. The van der Waals surface area contributed by atoms with E-state index >= 15 is 0 Å². The normalized spacial score (nSPS) is 10.9. The van der Waals surface area contributed by atoms with Crippen LogP contribution in [0.4, 0.5) is 0 Å². The van der Waals surface area contributed by atoms with Crippen LogP contribution in [0.25, 0.3) is 5.65 Å². The highest BCUT2D eigenvalue weighted by Gasteiger charge is 2.18. The van der Waals surface area contributed by atoms with E-state index in [-0.39, 0.29) is 5.91 Å². The first-order valence-electron chi connectivity index (χ1n) is 12.3. The van der Waals surface area contributed by atoms with Crippen molar-refractivity contribution in [3.8, 4) is 17.6 Å². The number of amides is 1. The lowest BCUT2D eigenvalue weighted by atomic mass is 10.1. The SMILES string of the molecule is CCCOc1ccc(CN(CCC)C(=O)CCc2c(C)nc3c(C#N)cnn3c2C)cc1OCC. The molecule has 0 unspecified atom stereocenters. The van der Waals surface area contributed by atoms with Crippen molar-refractivity contribution in [1.29, 1.82) is 5.26 Å². The van der Waals surface area contributed by atoms with Crippen LogP contribution >= 0.6 is 0 Å². The molecule has 0 saturated carbocycles. The Kier molecular flexibility index (Phi) is 9.07. The molecule has 0 atom stereocenters. The molecule has 2 aromatic heterocycles.